The summed E-state index contributed by atoms with van der Waals surface area (Å²) in [5, 5.41) is 0. The lowest BCUT2D eigenvalue weighted by molar-refractivity contribution is 0.0754. The molecule has 0 saturated heterocycles. The first kappa shape index (κ1) is 14.5. The van der Waals surface area contributed by atoms with Gasteiger partial charge in [-0.25, -0.2) is 13.2 Å². The molecule has 0 unspecified atom stereocenters. The monoisotopic (exact) mass is 260 g/mol. The molecule has 0 spiro atoms. The molecule has 1 rings (SSSR count). The summed E-state index contributed by atoms with van der Waals surface area (Å²) >= 11 is 0. The number of hydrogen-bond donors (Lipinski definition) is 1. The van der Waals surface area contributed by atoms with E-state index in [1.54, 1.807) is 0 Å². The van der Waals surface area contributed by atoms with Gasteiger partial charge >= 0.3 is 0 Å². The number of benzene rings is 1. The minimum Gasteiger partial charge on any atom is -0.337 e. The largest absolute Gasteiger partial charge is 0.337 e. The van der Waals surface area contributed by atoms with E-state index in [-0.39, 0.29) is 13.1 Å². The van der Waals surface area contributed by atoms with E-state index < -0.39 is 28.9 Å². The number of rotatable bonds is 5. The molecule has 0 radical (unpaired) electrons. The Morgan fingerprint density at radius 1 is 1.22 bits per heavy atom. The van der Waals surface area contributed by atoms with Gasteiger partial charge in [0, 0.05) is 19.6 Å². The van der Waals surface area contributed by atoms with Crippen molar-refractivity contribution in [1.82, 2.24) is 4.90 Å². The third-order valence-corrected chi connectivity index (χ3v) is 2.45. The Hall–Kier alpha value is -1.56. The minimum atomic E-state index is -1.63. The van der Waals surface area contributed by atoms with Crippen molar-refractivity contribution >= 4 is 5.91 Å². The van der Waals surface area contributed by atoms with Gasteiger partial charge in [0.15, 0.2) is 17.5 Å². The molecule has 3 nitrogen and oxygen atoms in total. The van der Waals surface area contributed by atoms with Crippen LogP contribution in [-0.4, -0.2) is 30.4 Å². The quantitative estimate of drug-likeness (QED) is 0.822. The van der Waals surface area contributed by atoms with E-state index in [1.807, 2.05) is 6.92 Å². The molecule has 0 heterocycles. The predicted octanol–water partition coefficient (Wildman–Crippen LogP) is 1.91. The van der Waals surface area contributed by atoms with Crippen LogP contribution < -0.4 is 5.73 Å². The summed E-state index contributed by atoms with van der Waals surface area (Å²) in [4.78, 5) is 13.3. The van der Waals surface area contributed by atoms with Crippen LogP contribution in [0, 0.1) is 17.5 Å². The van der Waals surface area contributed by atoms with Gasteiger partial charge in [0.1, 0.15) is 0 Å². The summed E-state index contributed by atoms with van der Waals surface area (Å²) in [6.07, 6.45) is 0.664. The highest BCUT2D eigenvalue weighted by molar-refractivity contribution is 5.94. The minimum absolute atomic E-state index is 0.219. The predicted molar refractivity (Wildman–Crippen MR) is 61.6 cm³/mol. The van der Waals surface area contributed by atoms with Crippen molar-refractivity contribution in [3.05, 3.63) is 35.1 Å². The number of amides is 1. The van der Waals surface area contributed by atoms with Crippen LogP contribution in [0.15, 0.2) is 12.1 Å². The topological polar surface area (TPSA) is 46.3 Å². The third-order valence-electron chi connectivity index (χ3n) is 2.45. The van der Waals surface area contributed by atoms with E-state index in [0.717, 1.165) is 12.1 Å². The summed E-state index contributed by atoms with van der Waals surface area (Å²) < 4.78 is 39.3. The number of nitrogens with zero attached hydrogens (tertiary/aromatic N) is 1. The Balaban J connectivity index is 3.05. The smallest absolute Gasteiger partial charge is 0.256 e. The molecule has 100 valence electrons. The molecule has 0 aliphatic rings. The molecule has 1 aromatic rings. The number of nitrogens with two attached hydrogens (primary N) is 1. The van der Waals surface area contributed by atoms with Crippen LogP contribution in [0.4, 0.5) is 13.2 Å². The van der Waals surface area contributed by atoms with E-state index >= 15 is 0 Å². The molecular formula is C12H15F3N2O. The highest BCUT2D eigenvalue weighted by Gasteiger charge is 2.22. The molecule has 0 bridgehead atoms. The van der Waals surface area contributed by atoms with Crippen molar-refractivity contribution in [2.24, 2.45) is 5.73 Å². The van der Waals surface area contributed by atoms with Gasteiger partial charge in [0.2, 0.25) is 0 Å². The van der Waals surface area contributed by atoms with Gasteiger partial charge in [-0.3, -0.25) is 4.79 Å². The first-order valence-corrected chi connectivity index (χ1v) is 5.65. The zero-order chi connectivity index (χ0) is 13.7. The molecule has 2 N–H and O–H groups in total. The Morgan fingerprint density at radius 2 is 1.89 bits per heavy atom. The van der Waals surface area contributed by atoms with E-state index in [2.05, 4.69) is 0 Å². The highest BCUT2D eigenvalue weighted by atomic mass is 19.2. The van der Waals surface area contributed by atoms with Gasteiger partial charge < -0.3 is 10.6 Å². The fourth-order valence-corrected chi connectivity index (χ4v) is 1.60. The average molecular weight is 260 g/mol. The van der Waals surface area contributed by atoms with E-state index in [0.29, 0.717) is 13.0 Å². The SMILES string of the molecule is CCCN(CCN)C(=O)c1ccc(F)c(F)c1F. The highest BCUT2D eigenvalue weighted by Crippen LogP contribution is 2.17. The number of hydrogen-bond acceptors (Lipinski definition) is 2. The first-order chi connectivity index (χ1) is 8.52. The van der Waals surface area contributed by atoms with Gasteiger partial charge in [-0.05, 0) is 18.6 Å². The van der Waals surface area contributed by atoms with Crippen molar-refractivity contribution in [3.63, 3.8) is 0 Å². The maximum Gasteiger partial charge on any atom is 0.256 e. The van der Waals surface area contributed by atoms with Crippen LogP contribution >= 0.6 is 0 Å². The average Bonchev–Trinajstić information content (AvgIpc) is 2.35. The molecule has 0 aromatic heterocycles. The van der Waals surface area contributed by atoms with Crippen molar-refractivity contribution in [2.45, 2.75) is 13.3 Å². The molecule has 0 aliphatic heterocycles. The Bertz CT molecular complexity index is 432. The fourth-order valence-electron chi connectivity index (χ4n) is 1.60. The van der Waals surface area contributed by atoms with Gasteiger partial charge in [-0.15, -0.1) is 0 Å². The fraction of sp³-hybridized carbons (Fsp3) is 0.417. The second kappa shape index (κ2) is 6.39. The lowest BCUT2D eigenvalue weighted by atomic mass is 10.1. The Kier molecular flexibility index (Phi) is 5.15. The van der Waals surface area contributed by atoms with Crippen LogP contribution in [0.5, 0.6) is 0 Å². The summed E-state index contributed by atoms with van der Waals surface area (Å²) in [6, 6.07) is 1.67. The molecular weight excluding hydrogens is 245 g/mol. The van der Waals surface area contributed by atoms with E-state index in [4.69, 9.17) is 5.73 Å². The van der Waals surface area contributed by atoms with Crippen LogP contribution in [0.1, 0.15) is 23.7 Å². The molecule has 0 fully saturated rings. The molecule has 0 aliphatic carbocycles. The zero-order valence-corrected chi connectivity index (χ0v) is 10.0. The van der Waals surface area contributed by atoms with Crippen molar-refractivity contribution in [2.75, 3.05) is 19.6 Å². The number of halogens is 3. The van der Waals surface area contributed by atoms with Gasteiger partial charge in [-0.2, -0.15) is 0 Å². The molecule has 6 heteroatoms. The molecule has 1 amide bonds. The Labute approximate surface area is 103 Å². The third kappa shape index (κ3) is 3.01. The summed E-state index contributed by atoms with van der Waals surface area (Å²) in [7, 11) is 0. The zero-order valence-electron chi connectivity index (χ0n) is 10.0. The van der Waals surface area contributed by atoms with E-state index in [1.165, 1.54) is 4.90 Å². The second-order valence-corrected chi connectivity index (χ2v) is 3.80. The maximum absolute atomic E-state index is 13.5. The molecule has 0 saturated carbocycles. The number of carbonyl (C=O) groups excluding carboxylic acids is 1. The lowest BCUT2D eigenvalue weighted by Gasteiger charge is -2.21. The van der Waals surface area contributed by atoms with Crippen molar-refractivity contribution in [1.29, 1.82) is 0 Å². The normalized spacial score (nSPS) is 10.5. The maximum atomic E-state index is 13.5. The van der Waals surface area contributed by atoms with Crippen LogP contribution in [0.3, 0.4) is 0 Å². The molecule has 0 atom stereocenters. The Morgan fingerprint density at radius 3 is 2.44 bits per heavy atom. The van der Waals surface area contributed by atoms with Crippen molar-refractivity contribution in [3.8, 4) is 0 Å². The van der Waals surface area contributed by atoms with Gasteiger partial charge in [0.25, 0.3) is 5.91 Å². The van der Waals surface area contributed by atoms with Gasteiger partial charge in [-0.1, -0.05) is 6.92 Å². The van der Waals surface area contributed by atoms with Crippen molar-refractivity contribution < 1.29 is 18.0 Å². The summed E-state index contributed by atoms with van der Waals surface area (Å²) in [6.45, 7) is 2.69. The number of carbonyl (C=O) groups is 1. The lowest BCUT2D eigenvalue weighted by Crippen LogP contribution is -2.36. The second-order valence-electron chi connectivity index (χ2n) is 3.80. The summed E-state index contributed by atoms with van der Waals surface area (Å²) in [5.41, 5.74) is 4.87. The van der Waals surface area contributed by atoms with Gasteiger partial charge in [0.05, 0.1) is 5.56 Å². The standard InChI is InChI=1S/C12H15F3N2O/c1-2-6-17(7-5-16)12(18)8-3-4-9(13)11(15)10(8)14/h3-4H,2,5-7,16H2,1H3. The van der Waals surface area contributed by atoms with E-state index in [9.17, 15) is 18.0 Å². The summed E-state index contributed by atoms with van der Waals surface area (Å²) in [5.74, 6) is -5.09. The first-order valence-electron chi connectivity index (χ1n) is 5.65. The van der Waals surface area contributed by atoms with Crippen LogP contribution in [-0.2, 0) is 0 Å². The molecule has 1 aromatic carbocycles. The van der Waals surface area contributed by atoms with Crippen LogP contribution in [0.2, 0.25) is 0 Å². The molecule has 18 heavy (non-hydrogen) atoms. The van der Waals surface area contributed by atoms with Crippen LogP contribution in [0.25, 0.3) is 0 Å².